The van der Waals surface area contributed by atoms with Gasteiger partial charge in [-0.05, 0) is 32.4 Å². The Morgan fingerprint density at radius 3 is 2.32 bits per heavy atom. The molecular formula is C17H26O5. The van der Waals surface area contributed by atoms with Crippen LogP contribution in [0.4, 0.5) is 0 Å². The van der Waals surface area contributed by atoms with Crippen molar-refractivity contribution in [1.29, 1.82) is 0 Å². The molecule has 0 radical (unpaired) electrons. The predicted molar refractivity (Wildman–Crippen MR) is 81.2 cm³/mol. The van der Waals surface area contributed by atoms with Crippen LogP contribution in [-0.4, -0.2) is 35.3 Å². The number of hydrogen-bond acceptors (Lipinski definition) is 5. The number of carbonyl (C=O) groups excluding carboxylic acids is 2. The van der Waals surface area contributed by atoms with E-state index in [2.05, 4.69) is 13.8 Å². The average molecular weight is 310 g/mol. The van der Waals surface area contributed by atoms with Crippen LogP contribution in [0.25, 0.3) is 0 Å². The van der Waals surface area contributed by atoms with Gasteiger partial charge in [0.15, 0.2) is 0 Å². The minimum atomic E-state index is -0.398. The largest absolute Gasteiger partial charge is 0.462 e. The van der Waals surface area contributed by atoms with Crippen molar-refractivity contribution in [3.63, 3.8) is 0 Å². The van der Waals surface area contributed by atoms with Crippen LogP contribution in [0, 0.1) is 5.41 Å². The summed E-state index contributed by atoms with van der Waals surface area (Å²) in [5.74, 6) is -0.552. The van der Waals surface area contributed by atoms with E-state index in [9.17, 15) is 9.59 Å². The summed E-state index contributed by atoms with van der Waals surface area (Å²) in [7, 11) is 0. The average Bonchev–Trinajstić information content (AvgIpc) is 2.91. The van der Waals surface area contributed by atoms with Crippen molar-refractivity contribution in [3.05, 3.63) is 12.2 Å². The first-order valence-corrected chi connectivity index (χ1v) is 7.75. The molecule has 5 nitrogen and oxygen atoms in total. The van der Waals surface area contributed by atoms with Crippen LogP contribution in [0.3, 0.4) is 0 Å². The number of ether oxygens (including phenoxy) is 3. The third-order valence-electron chi connectivity index (χ3n) is 4.78. The summed E-state index contributed by atoms with van der Waals surface area (Å²) < 4.78 is 16.6. The fourth-order valence-corrected chi connectivity index (χ4v) is 3.93. The normalized spacial score (nSPS) is 37.3. The molecule has 22 heavy (non-hydrogen) atoms. The second-order valence-corrected chi connectivity index (χ2v) is 7.27. The molecular weight excluding hydrogens is 284 g/mol. The quantitative estimate of drug-likeness (QED) is 0.454. The summed E-state index contributed by atoms with van der Waals surface area (Å²) in [6.45, 7) is 10.9. The third-order valence-corrected chi connectivity index (χ3v) is 4.78. The lowest BCUT2D eigenvalue weighted by Crippen LogP contribution is -2.47. The van der Waals surface area contributed by atoms with E-state index in [0.29, 0.717) is 6.42 Å². The van der Waals surface area contributed by atoms with E-state index in [1.807, 2.05) is 26.0 Å². The number of carbonyl (C=O) groups is 2. The molecule has 1 aliphatic heterocycles. The van der Waals surface area contributed by atoms with Gasteiger partial charge in [0.25, 0.3) is 0 Å². The highest BCUT2D eigenvalue weighted by Crippen LogP contribution is 2.66. The van der Waals surface area contributed by atoms with Gasteiger partial charge in [-0.1, -0.05) is 13.8 Å². The maximum absolute atomic E-state index is 11.2. The molecule has 2 fully saturated rings. The fourth-order valence-electron chi connectivity index (χ4n) is 3.93. The molecule has 0 spiro atoms. The van der Waals surface area contributed by atoms with E-state index in [1.54, 1.807) is 0 Å². The van der Waals surface area contributed by atoms with Crippen LogP contribution in [-0.2, 0) is 23.8 Å². The van der Waals surface area contributed by atoms with E-state index in [-0.39, 0.29) is 35.2 Å². The molecule has 1 aliphatic carbocycles. The minimum absolute atomic E-state index is 0.118. The van der Waals surface area contributed by atoms with Gasteiger partial charge >= 0.3 is 11.9 Å². The molecule has 0 N–H and O–H groups in total. The Labute approximate surface area is 132 Å². The molecule has 0 amide bonds. The van der Waals surface area contributed by atoms with Crippen LogP contribution in [0.5, 0.6) is 0 Å². The SMILES string of the molecule is CC(=O)O[C@@H]1CC(C)(C)[C@]2(/C=C/[C@@H](C)OC(C)=O)O[C@]2(C)C1. The standard InChI is InChI=1S/C17H26O5/c1-11(20-12(2)18)7-8-17-15(4,5)9-14(21-13(3)19)10-16(17,6)22-17/h7-8,11,14H,9-10H2,1-6H3/b8-7+/t11-,14-,16-,17+/m1/s1. The molecule has 0 aromatic heterocycles. The Balaban J connectivity index is 2.14. The van der Waals surface area contributed by atoms with E-state index < -0.39 is 5.60 Å². The number of fused-ring (bicyclic) bond motifs is 1. The van der Waals surface area contributed by atoms with Gasteiger partial charge in [0.2, 0.25) is 0 Å². The molecule has 2 aliphatic rings. The van der Waals surface area contributed by atoms with E-state index in [0.717, 1.165) is 6.42 Å². The van der Waals surface area contributed by atoms with Gasteiger partial charge in [-0.3, -0.25) is 9.59 Å². The Morgan fingerprint density at radius 2 is 1.82 bits per heavy atom. The molecule has 2 rings (SSSR count). The van der Waals surface area contributed by atoms with Crippen LogP contribution in [0.1, 0.15) is 54.4 Å². The summed E-state index contributed by atoms with van der Waals surface area (Å²) in [6, 6.07) is 0. The zero-order valence-electron chi connectivity index (χ0n) is 14.3. The topological polar surface area (TPSA) is 65.1 Å². The highest BCUT2D eigenvalue weighted by atomic mass is 16.6. The first kappa shape index (κ1) is 17.0. The Bertz CT molecular complexity index is 509. The van der Waals surface area contributed by atoms with E-state index >= 15 is 0 Å². The molecule has 0 unspecified atom stereocenters. The van der Waals surface area contributed by atoms with Gasteiger partial charge in [0.1, 0.15) is 23.4 Å². The summed E-state index contributed by atoms with van der Waals surface area (Å²) in [4.78, 5) is 22.2. The smallest absolute Gasteiger partial charge is 0.303 e. The number of esters is 2. The Morgan fingerprint density at radius 1 is 1.18 bits per heavy atom. The monoisotopic (exact) mass is 310 g/mol. The fraction of sp³-hybridized carbons (Fsp3) is 0.765. The molecule has 5 heteroatoms. The van der Waals surface area contributed by atoms with Gasteiger partial charge in [-0.2, -0.15) is 0 Å². The van der Waals surface area contributed by atoms with Crippen molar-refractivity contribution < 1.29 is 23.8 Å². The minimum Gasteiger partial charge on any atom is -0.462 e. The number of rotatable bonds is 4. The van der Waals surface area contributed by atoms with Gasteiger partial charge < -0.3 is 14.2 Å². The number of epoxide rings is 1. The maximum Gasteiger partial charge on any atom is 0.303 e. The molecule has 0 aromatic carbocycles. The summed E-state index contributed by atoms with van der Waals surface area (Å²) in [5, 5.41) is 0. The van der Waals surface area contributed by atoms with Crippen molar-refractivity contribution in [1.82, 2.24) is 0 Å². The molecule has 1 heterocycles. The zero-order chi connectivity index (χ0) is 16.8. The summed E-state index contributed by atoms with van der Waals surface area (Å²) in [5.41, 5.74) is -0.918. The Hall–Kier alpha value is -1.36. The lowest BCUT2D eigenvalue weighted by molar-refractivity contribution is -0.150. The third kappa shape index (κ3) is 2.91. The van der Waals surface area contributed by atoms with Crippen molar-refractivity contribution >= 4 is 11.9 Å². The van der Waals surface area contributed by atoms with Crippen molar-refractivity contribution in [2.75, 3.05) is 0 Å². The second kappa shape index (κ2) is 5.37. The second-order valence-electron chi connectivity index (χ2n) is 7.27. The van der Waals surface area contributed by atoms with Gasteiger partial charge in [0.05, 0.1) is 0 Å². The molecule has 0 aromatic rings. The van der Waals surface area contributed by atoms with Gasteiger partial charge in [-0.15, -0.1) is 0 Å². The zero-order valence-corrected chi connectivity index (χ0v) is 14.3. The lowest BCUT2D eigenvalue weighted by Gasteiger charge is -2.40. The van der Waals surface area contributed by atoms with Crippen LogP contribution < -0.4 is 0 Å². The van der Waals surface area contributed by atoms with Crippen LogP contribution in [0.2, 0.25) is 0 Å². The summed E-state index contributed by atoms with van der Waals surface area (Å²) >= 11 is 0. The Kier molecular flexibility index (Phi) is 4.15. The predicted octanol–water partition coefficient (Wildman–Crippen LogP) is 2.77. The van der Waals surface area contributed by atoms with E-state index in [1.165, 1.54) is 13.8 Å². The molecule has 4 atom stereocenters. The first-order chi connectivity index (χ1) is 10.0. The summed E-state index contributed by atoms with van der Waals surface area (Å²) in [6.07, 6.45) is 4.91. The van der Waals surface area contributed by atoms with Crippen LogP contribution >= 0.6 is 0 Å². The molecule has 1 saturated heterocycles. The molecule has 0 bridgehead atoms. The lowest BCUT2D eigenvalue weighted by atomic mass is 9.63. The van der Waals surface area contributed by atoms with Gasteiger partial charge in [0, 0.05) is 25.7 Å². The van der Waals surface area contributed by atoms with Crippen molar-refractivity contribution in [2.45, 2.75) is 77.8 Å². The van der Waals surface area contributed by atoms with Crippen molar-refractivity contribution in [3.8, 4) is 0 Å². The van der Waals surface area contributed by atoms with Crippen LogP contribution in [0.15, 0.2) is 12.2 Å². The molecule has 124 valence electrons. The highest BCUT2D eigenvalue weighted by Gasteiger charge is 2.75. The first-order valence-electron chi connectivity index (χ1n) is 7.75. The van der Waals surface area contributed by atoms with E-state index in [4.69, 9.17) is 14.2 Å². The maximum atomic E-state index is 11.2. The highest BCUT2D eigenvalue weighted by molar-refractivity contribution is 5.66. The van der Waals surface area contributed by atoms with Crippen molar-refractivity contribution in [2.24, 2.45) is 5.41 Å². The molecule has 1 saturated carbocycles. The van der Waals surface area contributed by atoms with Gasteiger partial charge in [-0.25, -0.2) is 0 Å². The number of hydrogen-bond donors (Lipinski definition) is 0.